The maximum Gasteiger partial charge on any atom is 0.241 e. The van der Waals surface area contributed by atoms with Gasteiger partial charge < -0.3 is 4.90 Å². The van der Waals surface area contributed by atoms with Gasteiger partial charge >= 0.3 is 0 Å². The first kappa shape index (κ1) is 15.3. The molecule has 1 aromatic carbocycles. The van der Waals surface area contributed by atoms with E-state index in [1.165, 1.54) is 6.92 Å². The second-order valence-corrected chi connectivity index (χ2v) is 5.90. The van der Waals surface area contributed by atoms with Gasteiger partial charge in [-0.3, -0.25) is 25.2 Å². The van der Waals surface area contributed by atoms with Crippen LogP contribution in [-0.4, -0.2) is 22.6 Å². The first-order valence-corrected chi connectivity index (χ1v) is 7.71. The number of hydrogen-bond acceptors (Lipinski definition) is 3. The number of carbonyl (C=O) groups is 3. The van der Waals surface area contributed by atoms with Gasteiger partial charge in [0.15, 0.2) is 0 Å². The largest absolute Gasteiger partial charge is 0.311 e. The first-order valence-electron chi connectivity index (χ1n) is 7.71. The van der Waals surface area contributed by atoms with Crippen molar-refractivity contribution in [3.8, 4) is 0 Å². The van der Waals surface area contributed by atoms with E-state index in [4.69, 9.17) is 0 Å². The van der Waals surface area contributed by atoms with Crippen LogP contribution in [0.4, 0.5) is 0 Å². The van der Waals surface area contributed by atoms with Crippen LogP contribution in [0, 0.1) is 5.92 Å². The van der Waals surface area contributed by atoms with E-state index in [2.05, 4.69) is 10.9 Å². The number of rotatable bonds is 3. The van der Waals surface area contributed by atoms with Crippen LogP contribution >= 0.6 is 0 Å². The zero-order valence-corrected chi connectivity index (χ0v) is 12.9. The highest BCUT2D eigenvalue weighted by Gasteiger charge is 2.31. The summed E-state index contributed by atoms with van der Waals surface area (Å²) in [4.78, 5) is 37.1. The van der Waals surface area contributed by atoms with E-state index in [9.17, 15) is 14.4 Å². The van der Waals surface area contributed by atoms with Crippen molar-refractivity contribution in [3.05, 3.63) is 41.6 Å². The summed E-state index contributed by atoms with van der Waals surface area (Å²) in [5.41, 5.74) is 6.80. The lowest BCUT2D eigenvalue weighted by atomic mass is 9.93. The molecule has 2 N–H and O–H groups in total. The van der Waals surface area contributed by atoms with Crippen molar-refractivity contribution in [1.82, 2.24) is 15.8 Å². The van der Waals surface area contributed by atoms with Crippen molar-refractivity contribution >= 4 is 23.8 Å². The van der Waals surface area contributed by atoms with Gasteiger partial charge in [-0.2, -0.15) is 0 Å². The van der Waals surface area contributed by atoms with Crippen LogP contribution in [-0.2, 0) is 14.4 Å². The normalized spacial score (nSPS) is 19.0. The Balaban J connectivity index is 1.70. The maximum atomic E-state index is 12.1. The van der Waals surface area contributed by atoms with Crippen molar-refractivity contribution in [2.24, 2.45) is 5.92 Å². The Morgan fingerprint density at radius 3 is 2.61 bits per heavy atom. The minimum atomic E-state index is -0.369. The van der Waals surface area contributed by atoms with Crippen molar-refractivity contribution in [2.45, 2.75) is 32.2 Å². The highest BCUT2D eigenvalue weighted by Crippen LogP contribution is 2.32. The third-order valence-electron chi connectivity index (χ3n) is 4.12. The summed E-state index contributed by atoms with van der Waals surface area (Å²) in [6, 6.07) is 7.29. The van der Waals surface area contributed by atoms with Crippen LogP contribution in [0.15, 0.2) is 30.5 Å². The maximum absolute atomic E-state index is 12.1. The average Bonchev–Trinajstić information content (AvgIpc) is 3.37. The fraction of sp³-hybridized carbons (Fsp3) is 0.353. The molecule has 1 atom stereocenters. The van der Waals surface area contributed by atoms with Crippen LogP contribution in [0.1, 0.15) is 43.4 Å². The lowest BCUT2D eigenvalue weighted by Gasteiger charge is -2.32. The molecule has 1 saturated carbocycles. The Morgan fingerprint density at radius 1 is 1.17 bits per heavy atom. The quantitative estimate of drug-likeness (QED) is 0.830. The molecule has 1 fully saturated rings. The number of hydrogen-bond donors (Lipinski definition) is 2. The molecule has 3 rings (SSSR count). The molecule has 6 nitrogen and oxygen atoms in total. The average molecular weight is 313 g/mol. The minimum Gasteiger partial charge on any atom is -0.311 e. The van der Waals surface area contributed by atoms with Crippen molar-refractivity contribution in [2.75, 3.05) is 0 Å². The van der Waals surface area contributed by atoms with Gasteiger partial charge in [0, 0.05) is 19.0 Å². The summed E-state index contributed by atoms with van der Waals surface area (Å²) in [7, 11) is 0. The zero-order chi connectivity index (χ0) is 16.4. The lowest BCUT2D eigenvalue weighted by Crippen LogP contribution is -2.44. The predicted octanol–water partition coefficient (Wildman–Crippen LogP) is 1.51. The monoisotopic (exact) mass is 313 g/mol. The number of nitrogens with zero attached hydrogens (tertiary/aromatic N) is 1. The molecule has 23 heavy (non-hydrogen) atoms. The number of amides is 3. The van der Waals surface area contributed by atoms with E-state index in [0.29, 0.717) is 0 Å². The van der Waals surface area contributed by atoms with Crippen molar-refractivity contribution < 1.29 is 14.4 Å². The highest BCUT2D eigenvalue weighted by atomic mass is 16.2. The van der Waals surface area contributed by atoms with E-state index in [-0.39, 0.29) is 36.1 Å². The molecule has 2 aliphatic rings. The summed E-state index contributed by atoms with van der Waals surface area (Å²) in [5, 5.41) is 0. The van der Waals surface area contributed by atoms with Gasteiger partial charge in [0.2, 0.25) is 17.7 Å². The Morgan fingerprint density at radius 2 is 1.91 bits per heavy atom. The summed E-state index contributed by atoms with van der Waals surface area (Å²) in [6.07, 6.45) is 5.40. The third-order valence-corrected chi connectivity index (χ3v) is 4.12. The number of carbonyl (C=O) groups excluding carboxylic acids is 3. The Bertz CT molecular complexity index is 679. The zero-order valence-electron chi connectivity index (χ0n) is 12.9. The molecule has 0 radical (unpaired) electrons. The molecule has 120 valence electrons. The molecule has 6 heteroatoms. The Hall–Kier alpha value is -2.63. The molecule has 1 heterocycles. The molecule has 0 bridgehead atoms. The van der Waals surface area contributed by atoms with Crippen LogP contribution < -0.4 is 10.9 Å². The van der Waals surface area contributed by atoms with Crippen LogP contribution in [0.3, 0.4) is 0 Å². The van der Waals surface area contributed by atoms with Crippen LogP contribution in [0.25, 0.3) is 6.08 Å². The third kappa shape index (κ3) is 3.41. The lowest BCUT2D eigenvalue weighted by molar-refractivity contribution is -0.132. The smallest absolute Gasteiger partial charge is 0.241 e. The second kappa shape index (κ2) is 6.24. The number of benzene rings is 1. The molecule has 1 aromatic rings. The standard InChI is InChI=1S/C17H19N3O3/c1-11(21)20-9-8-12-4-2-3-5-14(12)15(20)10-16(22)18-19-17(23)13-6-7-13/h2-5,8-9,13,15H,6-7,10H2,1H3,(H,18,22)(H,19,23). The minimum absolute atomic E-state index is 0.0300. The van der Waals surface area contributed by atoms with E-state index >= 15 is 0 Å². The summed E-state index contributed by atoms with van der Waals surface area (Å²) in [6.45, 7) is 1.47. The van der Waals surface area contributed by atoms with Gasteiger partial charge in [0.05, 0.1) is 12.5 Å². The summed E-state index contributed by atoms with van der Waals surface area (Å²) < 4.78 is 0. The van der Waals surface area contributed by atoms with Crippen LogP contribution in [0.5, 0.6) is 0 Å². The fourth-order valence-corrected chi connectivity index (χ4v) is 2.72. The SMILES string of the molecule is CC(=O)N1C=Cc2ccccc2C1CC(=O)NNC(=O)C1CC1. The molecule has 3 amide bonds. The van der Waals surface area contributed by atoms with Crippen molar-refractivity contribution in [1.29, 1.82) is 0 Å². The highest BCUT2D eigenvalue weighted by molar-refractivity contribution is 5.85. The topological polar surface area (TPSA) is 78.5 Å². The fourth-order valence-electron chi connectivity index (χ4n) is 2.72. The van der Waals surface area contributed by atoms with E-state index in [0.717, 1.165) is 24.0 Å². The molecule has 1 aliphatic carbocycles. The van der Waals surface area contributed by atoms with Gasteiger partial charge in [0.25, 0.3) is 0 Å². The van der Waals surface area contributed by atoms with E-state index in [1.807, 2.05) is 30.3 Å². The summed E-state index contributed by atoms with van der Waals surface area (Å²) in [5.74, 6) is -0.566. The number of hydrazine groups is 1. The second-order valence-electron chi connectivity index (χ2n) is 5.90. The molecule has 0 saturated heterocycles. The van der Waals surface area contributed by atoms with Crippen molar-refractivity contribution in [3.63, 3.8) is 0 Å². The molecule has 1 unspecified atom stereocenters. The Kier molecular flexibility index (Phi) is 4.14. The van der Waals surface area contributed by atoms with Crippen LogP contribution in [0.2, 0.25) is 0 Å². The molecule has 0 spiro atoms. The van der Waals surface area contributed by atoms with Gasteiger partial charge in [-0.05, 0) is 30.0 Å². The molecule has 1 aliphatic heterocycles. The van der Waals surface area contributed by atoms with Gasteiger partial charge in [-0.25, -0.2) is 0 Å². The van der Waals surface area contributed by atoms with Gasteiger partial charge in [-0.1, -0.05) is 24.3 Å². The first-order chi connectivity index (χ1) is 11.1. The molecular formula is C17H19N3O3. The number of nitrogens with one attached hydrogen (secondary N) is 2. The Labute approximate surface area is 134 Å². The molecular weight excluding hydrogens is 294 g/mol. The van der Waals surface area contributed by atoms with E-state index < -0.39 is 0 Å². The molecule has 0 aromatic heterocycles. The number of fused-ring (bicyclic) bond motifs is 1. The van der Waals surface area contributed by atoms with Gasteiger partial charge in [0.1, 0.15) is 0 Å². The van der Waals surface area contributed by atoms with Gasteiger partial charge in [-0.15, -0.1) is 0 Å². The van der Waals surface area contributed by atoms with E-state index in [1.54, 1.807) is 11.1 Å². The predicted molar refractivity (Wildman–Crippen MR) is 84.4 cm³/mol. The summed E-state index contributed by atoms with van der Waals surface area (Å²) >= 11 is 0.